The van der Waals surface area contributed by atoms with E-state index in [0.29, 0.717) is 15.7 Å². The number of anilines is 1. The van der Waals surface area contributed by atoms with Crippen LogP contribution < -0.4 is 9.62 Å². The van der Waals surface area contributed by atoms with Crippen molar-refractivity contribution in [3.63, 3.8) is 0 Å². The predicted octanol–water partition coefficient (Wildman–Crippen LogP) is 5.41. The fourth-order valence-electron chi connectivity index (χ4n) is 4.62. The van der Waals surface area contributed by atoms with E-state index in [0.717, 1.165) is 37.5 Å². The molecule has 0 spiro atoms. The summed E-state index contributed by atoms with van der Waals surface area (Å²) in [4.78, 5) is 28.1. The number of carbonyl (C=O) groups is 2. The van der Waals surface area contributed by atoms with E-state index in [9.17, 15) is 18.0 Å². The summed E-state index contributed by atoms with van der Waals surface area (Å²) in [7, 11) is -3.58. The first-order chi connectivity index (χ1) is 17.5. The van der Waals surface area contributed by atoms with Crippen molar-refractivity contribution < 1.29 is 18.0 Å². The van der Waals surface area contributed by atoms with Crippen LogP contribution >= 0.6 is 23.2 Å². The van der Waals surface area contributed by atoms with Gasteiger partial charge in [0, 0.05) is 35.6 Å². The van der Waals surface area contributed by atoms with Gasteiger partial charge in [-0.3, -0.25) is 13.9 Å². The summed E-state index contributed by atoms with van der Waals surface area (Å²) in [5.41, 5.74) is 1.26. The van der Waals surface area contributed by atoms with Crippen LogP contribution in [0.4, 0.5) is 5.69 Å². The van der Waals surface area contributed by atoms with Gasteiger partial charge in [0.05, 0.1) is 11.9 Å². The van der Waals surface area contributed by atoms with Crippen molar-refractivity contribution in [3.8, 4) is 0 Å². The molecule has 1 aliphatic carbocycles. The zero-order valence-corrected chi connectivity index (χ0v) is 23.7. The zero-order chi connectivity index (χ0) is 27.0. The Kier molecular flexibility index (Phi) is 10.7. The van der Waals surface area contributed by atoms with Crippen LogP contribution in [0.25, 0.3) is 0 Å². The topological polar surface area (TPSA) is 86.8 Å². The molecule has 3 rings (SSSR count). The van der Waals surface area contributed by atoms with Gasteiger partial charge in [0.2, 0.25) is 21.8 Å². The monoisotopic (exact) mass is 567 g/mol. The van der Waals surface area contributed by atoms with Gasteiger partial charge in [0.1, 0.15) is 6.04 Å². The van der Waals surface area contributed by atoms with Crippen molar-refractivity contribution in [1.29, 1.82) is 0 Å². The standard InChI is InChI=1S/C27H35Cl2N3O4S/c1-20(27(34)30-24-12-4-3-5-13-24)31(19-21-9-6-10-22(28)17-21)26(33)15-8-16-32(37(2,35)36)25-14-7-11-23(29)18-25/h6-7,9-11,14,17-18,20,24H,3-5,8,12-13,15-16,19H2,1-2H3,(H,30,34)/t20-/m1/s1. The molecule has 202 valence electrons. The second kappa shape index (κ2) is 13.5. The second-order valence-corrected chi connectivity index (χ2v) is 12.4. The van der Waals surface area contributed by atoms with Crippen LogP contribution in [0.1, 0.15) is 57.4 Å². The quantitative estimate of drug-likeness (QED) is 0.393. The maximum Gasteiger partial charge on any atom is 0.242 e. The third-order valence-corrected chi connectivity index (χ3v) is 8.27. The largest absolute Gasteiger partial charge is 0.352 e. The summed E-state index contributed by atoms with van der Waals surface area (Å²) < 4.78 is 26.1. The molecular formula is C27H35Cl2N3O4S. The minimum atomic E-state index is -3.58. The summed E-state index contributed by atoms with van der Waals surface area (Å²) >= 11 is 12.2. The van der Waals surface area contributed by atoms with Gasteiger partial charge in [-0.2, -0.15) is 0 Å². The molecule has 10 heteroatoms. The Morgan fingerprint density at radius 1 is 1.03 bits per heavy atom. The lowest BCUT2D eigenvalue weighted by Crippen LogP contribution is -2.50. The van der Waals surface area contributed by atoms with Crippen molar-refractivity contribution in [1.82, 2.24) is 10.2 Å². The number of nitrogens with zero attached hydrogens (tertiary/aromatic N) is 2. The van der Waals surface area contributed by atoms with E-state index >= 15 is 0 Å². The Labute approximate surface area is 230 Å². The lowest BCUT2D eigenvalue weighted by Gasteiger charge is -2.31. The number of amides is 2. The maximum absolute atomic E-state index is 13.4. The fourth-order valence-corrected chi connectivity index (χ4v) is 5.97. The second-order valence-electron chi connectivity index (χ2n) is 9.59. The summed E-state index contributed by atoms with van der Waals surface area (Å²) in [6, 6.07) is 13.2. The SMILES string of the molecule is C[C@H](C(=O)NC1CCCCC1)N(Cc1cccc(Cl)c1)C(=O)CCCN(c1cccc(Cl)c1)S(C)(=O)=O. The molecule has 1 N–H and O–H groups in total. The number of nitrogens with one attached hydrogen (secondary N) is 1. The van der Waals surface area contributed by atoms with Crippen LogP contribution in [-0.2, 0) is 26.2 Å². The molecule has 0 saturated heterocycles. The molecule has 0 heterocycles. The van der Waals surface area contributed by atoms with E-state index in [1.54, 1.807) is 48.2 Å². The molecular weight excluding hydrogens is 533 g/mol. The first kappa shape index (κ1) is 29.3. The number of rotatable bonds is 11. The third kappa shape index (κ3) is 8.90. The van der Waals surface area contributed by atoms with Gasteiger partial charge in [0.15, 0.2) is 0 Å². The highest BCUT2D eigenvalue weighted by molar-refractivity contribution is 7.92. The van der Waals surface area contributed by atoms with Crippen LogP contribution in [0, 0.1) is 0 Å². The molecule has 1 aliphatic rings. The molecule has 0 aromatic heterocycles. The summed E-state index contributed by atoms with van der Waals surface area (Å²) in [5, 5.41) is 4.09. The van der Waals surface area contributed by atoms with Crippen LogP contribution in [0.2, 0.25) is 10.0 Å². The van der Waals surface area contributed by atoms with Crippen LogP contribution in [0.5, 0.6) is 0 Å². The average Bonchev–Trinajstić information content (AvgIpc) is 2.84. The Morgan fingerprint density at radius 3 is 2.30 bits per heavy atom. The molecule has 0 unspecified atom stereocenters. The van der Waals surface area contributed by atoms with Crippen LogP contribution in [0.3, 0.4) is 0 Å². The van der Waals surface area contributed by atoms with Gasteiger partial charge in [-0.25, -0.2) is 8.42 Å². The molecule has 0 aliphatic heterocycles. The summed E-state index contributed by atoms with van der Waals surface area (Å²) in [6.07, 6.45) is 6.74. The predicted molar refractivity (Wildman–Crippen MR) is 149 cm³/mol. The van der Waals surface area contributed by atoms with E-state index in [4.69, 9.17) is 23.2 Å². The van der Waals surface area contributed by atoms with Crippen LogP contribution in [-0.4, -0.2) is 50.0 Å². The van der Waals surface area contributed by atoms with Crippen molar-refractivity contribution in [2.45, 2.75) is 70.5 Å². The molecule has 2 amide bonds. The summed E-state index contributed by atoms with van der Waals surface area (Å²) in [6.45, 7) is 2.07. The minimum absolute atomic E-state index is 0.0776. The Balaban J connectivity index is 1.71. The van der Waals surface area contributed by atoms with Crippen molar-refractivity contribution in [2.24, 2.45) is 0 Å². The Morgan fingerprint density at radius 2 is 1.68 bits per heavy atom. The van der Waals surface area contributed by atoms with Gasteiger partial charge in [-0.15, -0.1) is 0 Å². The Bertz CT molecular complexity index is 1190. The van der Waals surface area contributed by atoms with Crippen LogP contribution in [0.15, 0.2) is 48.5 Å². The smallest absolute Gasteiger partial charge is 0.242 e. The molecule has 7 nitrogen and oxygen atoms in total. The highest BCUT2D eigenvalue weighted by Crippen LogP contribution is 2.23. The van der Waals surface area contributed by atoms with E-state index in [-0.39, 0.29) is 43.8 Å². The summed E-state index contributed by atoms with van der Waals surface area (Å²) in [5.74, 6) is -0.412. The number of benzene rings is 2. The average molecular weight is 569 g/mol. The molecule has 0 bridgehead atoms. The van der Waals surface area contributed by atoms with Gasteiger partial charge in [0.25, 0.3) is 0 Å². The van der Waals surface area contributed by atoms with Crippen molar-refractivity contribution in [2.75, 3.05) is 17.1 Å². The zero-order valence-electron chi connectivity index (χ0n) is 21.3. The highest BCUT2D eigenvalue weighted by Gasteiger charge is 2.28. The maximum atomic E-state index is 13.4. The van der Waals surface area contributed by atoms with E-state index in [2.05, 4.69) is 5.32 Å². The van der Waals surface area contributed by atoms with Gasteiger partial charge < -0.3 is 10.2 Å². The molecule has 37 heavy (non-hydrogen) atoms. The number of halogens is 2. The van der Waals surface area contributed by atoms with E-state index < -0.39 is 16.1 Å². The normalized spacial score (nSPS) is 15.1. The van der Waals surface area contributed by atoms with Gasteiger partial charge in [-0.1, -0.05) is 60.7 Å². The molecule has 1 fully saturated rings. The number of hydrogen-bond donors (Lipinski definition) is 1. The Hall–Kier alpha value is -2.29. The first-order valence-electron chi connectivity index (χ1n) is 12.6. The third-order valence-electron chi connectivity index (χ3n) is 6.61. The van der Waals surface area contributed by atoms with Crippen molar-refractivity contribution >= 4 is 50.7 Å². The molecule has 1 saturated carbocycles. The first-order valence-corrected chi connectivity index (χ1v) is 15.2. The van der Waals surface area contributed by atoms with E-state index in [1.165, 1.54) is 10.7 Å². The lowest BCUT2D eigenvalue weighted by molar-refractivity contribution is -0.141. The number of carbonyl (C=O) groups excluding carboxylic acids is 2. The fraction of sp³-hybridized carbons (Fsp3) is 0.481. The molecule has 2 aromatic rings. The molecule has 1 atom stereocenters. The molecule has 0 radical (unpaired) electrons. The van der Waals surface area contributed by atoms with E-state index in [1.807, 2.05) is 12.1 Å². The molecule has 2 aromatic carbocycles. The van der Waals surface area contributed by atoms with Crippen molar-refractivity contribution in [3.05, 3.63) is 64.1 Å². The number of sulfonamides is 1. The highest BCUT2D eigenvalue weighted by atomic mass is 35.5. The van der Waals surface area contributed by atoms with Gasteiger partial charge >= 0.3 is 0 Å². The number of hydrogen-bond acceptors (Lipinski definition) is 4. The lowest BCUT2D eigenvalue weighted by atomic mass is 9.95. The minimum Gasteiger partial charge on any atom is -0.352 e. The van der Waals surface area contributed by atoms with Gasteiger partial charge in [-0.05, 0) is 62.1 Å².